The summed E-state index contributed by atoms with van der Waals surface area (Å²) in [4.78, 5) is 10.3. The molecule has 2 rings (SSSR count). The van der Waals surface area contributed by atoms with Gasteiger partial charge in [0.1, 0.15) is 28.3 Å². The van der Waals surface area contributed by atoms with E-state index >= 15 is 0 Å². The zero-order chi connectivity index (χ0) is 22.1. The van der Waals surface area contributed by atoms with Crippen LogP contribution in [-0.4, -0.2) is 35.1 Å². The Balaban J connectivity index is 2.30. The molecule has 0 bridgehead atoms. The highest BCUT2D eigenvalue weighted by atomic mass is 32.2. The van der Waals surface area contributed by atoms with Crippen molar-refractivity contribution < 1.29 is 35.4 Å². The molecule has 0 spiro atoms. The van der Waals surface area contributed by atoms with Crippen molar-refractivity contribution in [3.63, 3.8) is 0 Å². The number of carbonyl (C=O) groups is 1. The van der Waals surface area contributed by atoms with Crippen molar-refractivity contribution >= 4 is 39.9 Å². The van der Waals surface area contributed by atoms with E-state index in [1.807, 2.05) is 0 Å². The van der Waals surface area contributed by atoms with Crippen LogP contribution >= 0.6 is 0 Å². The molecule has 0 amide bonds. The average Bonchev–Trinajstić information content (AvgIpc) is 2.66. The zero-order valence-corrected chi connectivity index (χ0v) is 17.5. The van der Waals surface area contributed by atoms with Crippen LogP contribution in [-0.2, 0) is 44.0 Å². The molecule has 160 valence electrons. The standard InChI is InChI=1S/C20H20O8S2/c1-27-14-16-7-8-17(19(12-16)28-29(22)23)4-2-3-5-18-9-6-15(10-11-21)13-20(18)30(24,25)26/h2-9,11-13H,10,14H2,1H3,(H,22,23)(H,24,25,26)/p-1/b4-2+,5-3+. The Morgan fingerprint density at radius 2 is 1.70 bits per heavy atom. The molecule has 0 saturated carbocycles. The van der Waals surface area contributed by atoms with Gasteiger partial charge in [0.25, 0.3) is 10.1 Å². The number of carbonyl (C=O) groups excluding carboxylic acids is 1. The third-order valence-electron chi connectivity index (χ3n) is 3.88. The van der Waals surface area contributed by atoms with Crippen molar-refractivity contribution in [3.8, 4) is 5.75 Å². The zero-order valence-electron chi connectivity index (χ0n) is 15.9. The Hall–Kier alpha value is -2.63. The lowest BCUT2D eigenvalue weighted by Crippen LogP contribution is -2.02. The van der Waals surface area contributed by atoms with E-state index in [1.165, 1.54) is 37.5 Å². The number of hydrogen-bond donors (Lipinski definition) is 1. The number of allylic oxidation sites excluding steroid dienone is 2. The van der Waals surface area contributed by atoms with E-state index in [9.17, 15) is 26.5 Å². The summed E-state index contributed by atoms with van der Waals surface area (Å²) < 4.78 is 64.3. The van der Waals surface area contributed by atoms with E-state index in [0.29, 0.717) is 17.4 Å². The van der Waals surface area contributed by atoms with E-state index in [-0.39, 0.29) is 29.2 Å². The molecular weight excluding hydrogens is 432 g/mol. The van der Waals surface area contributed by atoms with Gasteiger partial charge in [0.05, 0.1) is 6.61 Å². The van der Waals surface area contributed by atoms with Gasteiger partial charge in [-0.3, -0.25) is 4.55 Å². The van der Waals surface area contributed by atoms with Crippen LogP contribution in [0.1, 0.15) is 22.3 Å². The topological polar surface area (TPSA) is 130 Å². The lowest BCUT2D eigenvalue weighted by atomic mass is 10.1. The van der Waals surface area contributed by atoms with Crippen molar-refractivity contribution in [3.05, 3.63) is 70.8 Å². The van der Waals surface area contributed by atoms with Gasteiger partial charge in [-0.2, -0.15) is 8.42 Å². The first-order valence-corrected chi connectivity index (χ1v) is 11.0. The molecular formula is C20H19O8S2-. The van der Waals surface area contributed by atoms with Crippen molar-refractivity contribution in [2.75, 3.05) is 7.11 Å². The Kier molecular flexibility index (Phi) is 8.63. The van der Waals surface area contributed by atoms with E-state index in [2.05, 4.69) is 0 Å². The fourth-order valence-corrected chi connectivity index (χ4v) is 3.63. The van der Waals surface area contributed by atoms with Gasteiger partial charge in [-0.15, -0.1) is 0 Å². The third-order valence-corrected chi connectivity index (χ3v) is 5.11. The molecule has 0 aliphatic rings. The smallest absolute Gasteiger partial charge is 0.295 e. The molecule has 0 aromatic heterocycles. The summed E-state index contributed by atoms with van der Waals surface area (Å²) in [6, 6.07) is 9.22. The minimum absolute atomic E-state index is 0.0232. The predicted molar refractivity (Wildman–Crippen MR) is 111 cm³/mol. The molecule has 8 nitrogen and oxygen atoms in total. The van der Waals surface area contributed by atoms with Crippen LogP contribution in [0.2, 0.25) is 0 Å². The first-order valence-electron chi connectivity index (χ1n) is 8.53. The third kappa shape index (κ3) is 7.01. The van der Waals surface area contributed by atoms with E-state index in [4.69, 9.17) is 8.92 Å². The second-order valence-corrected chi connectivity index (χ2v) is 7.99. The molecule has 2 aromatic carbocycles. The maximum Gasteiger partial charge on any atom is 0.295 e. The monoisotopic (exact) mass is 451 g/mol. The molecule has 10 heteroatoms. The number of ether oxygens (including phenoxy) is 1. The van der Waals surface area contributed by atoms with Crippen LogP contribution < -0.4 is 4.18 Å². The van der Waals surface area contributed by atoms with Gasteiger partial charge in [0.15, 0.2) is 0 Å². The van der Waals surface area contributed by atoms with Gasteiger partial charge in [-0.25, -0.2) is 4.21 Å². The highest BCUT2D eigenvalue weighted by Gasteiger charge is 2.14. The summed E-state index contributed by atoms with van der Waals surface area (Å²) in [6.07, 6.45) is 6.76. The van der Waals surface area contributed by atoms with Crippen molar-refractivity contribution in [1.82, 2.24) is 0 Å². The van der Waals surface area contributed by atoms with Crippen molar-refractivity contribution in [2.24, 2.45) is 0 Å². The summed E-state index contributed by atoms with van der Waals surface area (Å²) in [7, 11) is -2.97. The number of methoxy groups -OCH3 is 1. The van der Waals surface area contributed by atoms with E-state index in [1.54, 1.807) is 30.4 Å². The molecule has 0 aliphatic carbocycles. The summed E-state index contributed by atoms with van der Waals surface area (Å²) in [5, 5.41) is 0. The van der Waals surface area contributed by atoms with Crippen LogP contribution in [0.5, 0.6) is 5.75 Å². The maximum absolute atomic E-state index is 11.6. The van der Waals surface area contributed by atoms with Gasteiger partial charge in [-0.1, -0.05) is 48.6 Å². The summed E-state index contributed by atoms with van der Waals surface area (Å²) in [5.74, 6) is 0.111. The van der Waals surface area contributed by atoms with E-state index < -0.39 is 21.5 Å². The second kappa shape index (κ2) is 11.0. The fraction of sp³-hybridized carbons (Fsp3) is 0.150. The molecule has 0 saturated heterocycles. The number of benzene rings is 2. The Morgan fingerprint density at radius 3 is 2.30 bits per heavy atom. The van der Waals surface area contributed by atoms with Crippen LogP contribution in [0.15, 0.2) is 53.4 Å². The minimum Gasteiger partial charge on any atom is -0.740 e. The van der Waals surface area contributed by atoms with Gasteiger partial charge < -0.3 is 18.3 Å². The van der Waals surface area contributed by atoms with Crippen LogP contribution in [0.3, 0.4) is 0 Å². The van der Waals surface area contributed by atoms with Gasteiger partial charge in [-0.05, 0) is 28.8 Å². The largest absolute Gasteiger partial charge is 0.740 e. The molecule has 1 N–H and O–H groups in total. The van der Waals surface area contributed by atoms with Crippen molar-refractivity contribution in [2.45, 2.75) is 17.9 Å². The fourth-order valence-electron chi connectivity index (χ4n) is 2.60. The minimum atomic E-state index is -4.49. The first kappa shape index (κ1) is 23.6. The molecule has 2 aromatic rings. The molecule has 0 radical (unpaired) electrons. The van der Waals surface area contributed by atoms with Crippen LogP contribution in [0, 0.1) is 0 Å². The molecule has 1 atom stereocenters. The SMILES string of the molecule is COCc1ccc(/C=C/C=C/c2ccc(CC=O)cc2S(=O)(=O)O)c(OS(=O)[O-])c1. The molecule has 1 unspecified atom stereocenters. The van der Waals surface area contributed by atoms with Crippen LogP contribution in [0.25, 0.3) is 12.2 Å². The molecule has 0 heterocycles. The van der Waals surface area contributed by atoms with Crippen LogP contribution in [0.4, 0.5) is 0 Å². The molecule has 0 aliphatic heterocycles. The summed E-state index contributed by atoms with van der Waals surface area (Å²) in [6.45, 7) is 0.282. The van der Waals surface area contributed by atoms with E-state index in [0.717, 1.165) is 5.56 Å². The number of hydrogen-bond acceptors (Lipinski definition) is 7. The highest BCUT2D eigenvalue weighted by Crippen LogP contribution is 2.24. The first-order chi connectivity index (χ1) is 14.2. The Labute approximate surface area is 177 Å². The highest BCUT2D eigenvalue weighted by molar-refractivity contribution is 7.86. The molecule has 0 fully saturated rings. The Morgan fingerprint density at radius 1 is 1.07 bits per heavy atom. The second-order valence-electron chi connectivity index (χ2n) is 6.03. The lowest BCUT2D eigenvalue weighted by Gasteiger charge is -2.11. The maximum atomic E-state index is 11.6. The Bertz CT molecular complexity index is 1090. The van der Waals surface area contributed by atoms with Crippen molar-refractivity contribution in [1.29, 1.82) is 0 Å². The van der Waals surface area contributed by atoms with Gasteiger partial charge >= 0.3 is 0 Å². The van der Waals surface area contributed by atoms with Gasteiger partial charge in [0.2, 0.25) is 0 Å². The summed E-state index contributed by atoms with van der Waals surface area (Å²) >= 11 is -2.76. The summed E-state index contributed by atoms with van der Waals surface area (Å²) in [5.41, 5.74) is 1.87. The van der Waals surface area contributed by atoms with Gasteiger partial charge in [0, 0.05) is 19.1 Å². The predicted octanol–water partition coefficient (Wildman–Crippen LogP) is 2.72. The number of aldehydes is 1. The average molecular weight is 451 g/mol. The number of rotatable bonds is 10. The lowest BCUT2D eigenvalue weighted by molar-refractivity contribution is -0.107. The molecule has 30 heavy (non-hydrogen) atoms. The normalized spacial score (nSPS) is 13.0. The quantitative estimate of drug-likeness (QED) is 0.253.